The van der Waals surface area contributed by atoms with Crippen molar-refractivity contribution in [3.8, 4) is 0 Å². The smallest absolute Gasteiger partial charge is 0.227 e. The quantitative estimate of drug-likeness (QED) is 0.800. The SMILES string of the molecule is Cc1ccc(N2CC(C(=O)NCCCn3cncn3)CC2=O)c(F)c1. The maximum absolute atomic E-state index is 14.1. The second-order valence-corrected chi connectivity index (χ2v) is 6.16. The Balaban J connectivity index is 1.52. The van der Waals surface area contributed by atoms with Crippen LogP contribution in [0.3, 0.4) is 0 Å². The molecule has 25 heavy (non-hydrogen) atoms. The molecule has 1 unspecified atom stereocenters. The van der Waals surface area contributed by atoms with Crippen molar-refractivity contribution in [1.82, 2.24) is 20.1 Å². The maximum atomic E-state index is 14.1. The van der Waals surface area contributed by atoms with Gasteiger partial charge in [0.15, 0.2) is 0 Å². The first kappa shape index (κ1) is 17.1. The van der Waals surface area contributed by atoms with E-state index in [4.69, 9.17) is 0 Å². The molecule has 3 rings (SSSR count). The van der Waals surface area contributed by atoms with Gasteiger partial charge < -0.3 is 10.2 Å². The molecule has 1 aliphatic rings. The lowest BCUT2D eigenvalue weighted by Gasteiger charge is -2.17. The van der Waals surface area contributed by atoms with Crippen LogP contribution >= 0.6 is 0 Å². The fourth-order valence-corrected chi connectivity index (χ4v) is 2.89. The normalized spacial score (nSPS) is 17.1. The largest absolute Gasteiger partial charge is 0.356 e. The topological polar surface area (TPSA) is 80.1 Å². The Morgan fingerprint density at radius 2 is 2.28 bits per heavy atom. The molecule has 2 aromatic rings. The zero-order valence-corrected chi connectivity index (χ0v) is 14.0. The van der Waals surface area contributed by atoms with Crippen LogP contribution < -0.4 is 10.2 Å². The number of hydrogen-bond donors (Lipinski definition) is 1. The number of aryl methyl sites for hydroxylation is 2. The number of aromatic nitrogens is 3. The number of benzene rings is 1. The van der Waals surface area contributed by atoms with Gasteiger partial charge in [0, 0.05) is 26.1 Å². The Bertz CT molecular complexity index is 762. The van der Waals surface area contributed by atoms with Crippen LogP contribution in [0.5, 0.6) is 0 Å². The van der Waals surface area contributed by atoms with Gasteiger partial charge in [-0.2, -0.15) is 5.10 Å². The lowest BCUT2D eigenvalue weighted by Crippen LogP contribution is -2.34. The molecule has 2 amide bonds. The number of carbonyl (C=O) groups is 2. The molecule has 0 saturated carbocycles. The molecule has 2 heterocycles. The average Bonchev–Trinajstić information content (AvgIpc) is 3.21. The standard InChI is InChI=1S/C17H20FN5O2/c1-12-3-4-15(14(18)7-12)23-9-13(8-16(23)24)17(25)20-5-2-6-22-11-19-10-21-22/h3-4,7,10-11,13H,2,5-6,8-9H2,1H3,(H,20,25). The fraction of sp³-hybridized carbons (Fsp3) is 0.412. The molecule has 0 spiro atoms. The Labute approximate surface area is 144 Å². The minimum absolute atomic E-state index is 0.0994. The first-order valence-corrected chi connectivity index (χ1v) is 8.21. The third-order valence-electron chi connectivity index (χ3n) is 4.22. The molecule has 8 heteroatoms. The van der Waals surface area contributed by atoms with E-state index in [2.05, 4.69) is 15.4 Å². The van der Waals surface area contributed by atoms with Crippen molar-refractivity contribution in [2.24, 2.45) is 5.92 Å². The number of carbonyl (C=O) groups excluding carboxylic acids is 2. The van der Waals surface area contributed by atoms with Gasteiger partial charge in [-0.1, -0.05) is 6.07 Å². The minimum Gasteiger partial charge on any atom is -0.356 e. The zero-order chi connectivity index (χ0) is 17.8. The summed E-state index contributed by atoms with van der Waals surface area (Å²) in [6, 6.07) is 4.73. The van der Waals surface area contributed by atoms with Crippen LogP contribution in [0.25, 0.3) is 0 Å². The number of rotatable bonds is 6. The molecular weight excluding hydrogens is 325 g/mol. The summed E-state index contributed by atoms with van der Waals surface area (Å²) in [4.78, 5) is 29.6. The van der Waals surface area contributed by atoms with Crippen LogP contribution in [0.15, 0.2) is 30.9 Å². The monoisotopic (exact) mass is 345 g/mol. The van der Waals surface area contributed by atoms with Gasteiger partial charge in [-0.15, -0.1) is 0 Å². The van der Waals surface area contributed by atoms with E-state index < -0.39 is 11.7 Å². The van der Waals surface area contributed by atoms with Gasteiger partial charge >= 0.3 is 0 Å². The zero-order valence-electron chi connectivity index (χ0n) is 14.0. The van der Waals surface area contributed by atoms with Crippen LogP contribution in [-0.2, 0) is 16.1 Å². The lowest BCUT2D eigenvalue weighted by molar-refractivity contribution is -0.126. The van der Waals surface area contributed by atoms with E-state index in [-0.39, 0.29) is 30.5 Å². The molecule has 1 N–H and O–H groups in total. The van der Waals surface area contributed by atoms with Crippen molar-refractivity contribution < 1.29 is 14.0 Å². The number of amides is 2. The second-order valence-electron chi connectivity index (χ2n) is 6.16. The summed E-state index contributed by atoms with van der Waals surface area (Å²) in [5.41, 5.74) is 1.02. The van der Waals surface area contributed by atoms with Crippen molar-refractivity contribution in [3.63, 3.8) is 0 Å². The van der Waals surface area contributed by atoms with Gasteiger partial charge in [0.25, 0.3) is 0 Å². The molecule has 0 bridgehead atoms. The highest BCUT2D eigenvalue weighted by atomic mass is 19.1. The van der Waals surface area contributed by atoms with Crippen molar-refractivity contribution >= 4 is 17.5 Å². The summed E-state index contributed by atoms with van der Waals surface area (Å²) >= 11 is 0. The van der Waals surface area contributed by atoms with Crippen molar-refractivity contribution in [1.29, 1.82) is 0 Å². The van der Waals surface area contributed by atoms with Gasteiger partial charge in [0.1, 0.15) is 18.5 Å². The highest BCUT2D eigenvalue weighted by Crippen LogP contribution is 2.28. The predicted octanol–water partition coefficient (Wildman–Crippen LogP) is 1.29. The van der Waals surface area contributed by atoms with Crippen LogP contribution in [0.4, 0.5) is 10.1 Å². The average molecular weight is 345 g/mol. The highest BCUT2D eigenvalue weighted by molar-refractivity contribution is 6.00. The third-order valence-corrected chi connectivity index (χ3v) is 4.22. The maximum Gasteiger partial charge on any atom is 0.227 e. The van der Waals surface area contributed by atoms with Gasteiger partial charge in [0.05, 0.1) is 11.6 Å². The summed E-state index contributed by atoms with van der Waals surface area (Å²) < 4.78 is 15.8. The predicted molar refractivity (Wildman–Crippen MR) is 89.2 cm³/mol. The molecule has 1 atom stereocenters. The van der Waals surface area contributed by atoms with E-state index in [9.17, 15) is 14.0 Å². The summed E-state index contributed by atoms with van der Waals surface area (Å²) in [5, 5.41) is 6.81. The van der Waals surface area contributed by atoms with E-state index in [1.807, 2.05) is 0 Å². The first-order chi connectivity index (χ1) is 12.0. The Morgan fingerprint density at radius 3 is 3.00 bits per heavy atom. The van der Waals surface area contributed by atoms with E-state index in [0.717, 1.165) is 5.56 Å². The second kappa shape index (κ2) is 7.42. The lowest BCUT2D eigenvalue weighted by atomic mass is 10.1. The number of halogens is 1. The number of hydrogen-bond acceptors (Lipinski definition) is 4. The van der Waals surface area contributed by atoms with Gasteiger partial charge in [-0.25, -0.2) is 9.37 Å². The van der Waals surface area contributed by atoms with Crippen molar-refractivity contribution in [2.45, 2.75) is 26.3 Å². The van der Waals surface area contributed by atoms with Gasteiger partial charge in [0.2, 0.25) is 11.8 Å². The Hall–Kier alpha value is -2.77. The fourth-order valence-electron chi connectivity index (χ4n) is 2.89. The van der Waals surface area contributed by atoms with E-state index in [1.54, 1.807) is 30.1 Å². The number of nitrogens with zero attached hydrogens (tertiary/aromatic N) is 4. The van der Waals surface area contributed by atoms with Crippen LogP contribution in [0.2, 0.25) is 0 Å². The molecule has 1 aromatic carbocycles. The molecule has 1 aliphatic heterocycles. The number of nitrogens with one attached hydrogen (secondary N) is 1. The van der Waals surface area contributed by atoms with Crippen molar-refractivity contribution in [3.05, 3.63) is 42.2 Å². The highest BCUT2D eigenvalue weighted by Gasteiger charge is 2.35. The summed E-state index contributed by atoms with van der Waals surface area (Å²) in [6.07, 6.45) is 3.89. The summed E-state index contributed by atoms with van der Waals surface area (Å²) in [7, 11) is 0. The molecule has 1 fully saturated rings. The van der Waals surface area contributed by atoms with Crippen molar-refractivity contribution in [2.75, 3.05) is 18.0 Å². The minimum atomic E-state index is -0.459. The Morgan fingerprint density at radius 1 is 1.44 bits per heavy atom. The first-order valence-electron chi connectivity index (χ1n) is 8.21. The van der Waals surface area contributed by atoms with Gasteiger partial charge in [-0.3, -0.25) is 14.3 Å². The van der Waals surface area contributed by atoms with Crippen LogP contribution in [0, 0.1) is 18.7 Å². The van der Waals surface area contributed by atoms with E-state index >= 15 is 0 Å². The van der Waals surface area contributed by atoms with E-state index in [0.29, 0.717) is 19.5 Å². The molecule has 1 aromatic heterocycles. The molecule has 0 radical (unpaired) electrons. The molecule has 132 valence electrons. The summed E-state index contributed by atoms with van der Waals surface area (Å²) in [5.74, 6) is -1.31. The third kappa shape index (κ3) is 4.01. The molecule has 7 nitrogen and oxygen atoms in total. The summed E-state index contributed by atoms with van der Waals surface area (Å²) in [6.45, 7) is 3.13. The van der Waals surface area contributed by atoms with Gasteiger partial charge in [-0.05, 0) is 31.0 Å². The Kier molecular flexibility index (Phi) is 5.06. The molecular formula is C17H20FN5O2. The van der Waals surface area contributed by atoms with Crippen LogP contribution in [0.1, 0.15) is 18.4 Å². The van der Waals surface area contributed by atoms with E-state index in [1.165, 1.54) is 17.3 Å². The molecule has 1 saturated heterocycles. The van der Waals surface area contributed by atoms with Crippen LogP contribution in [-0.4, -0.2) is 39.7 Å². The molecule has 0 aliphatic carbocycles. The number of anilines is 1.